The van der Waals surface area contributed by atoms with Crippen molar-refractivity contribution in [2.75, 3.05) is 13.2 Å². The number of rotatable bonds is 4. The zero-order valence-corrected chi connectivity index (χ0v) is 6.35. The summed E-state index contributed by atoms with van der Waals surface area (Å²) in [5, 5.41) is 0. The molecule has 0 spiro atoms. The van der Waals surface area contributed by atoms with Crippen LogP contribution in [0.15, 0.2) is 12.3 Å². The molecule has 1 saturated heterocycles. The highest BCUT2D eigenvalue weighted by Gasteiger charge is 2.55. The zero-order valence-electron chi connectivity index (χ0n) is 6.35. The summed E-state index contributed by atoms with van der Waals surface area (Å²) in [5.41, 5.74) is 0. The van der Waals surface area contributed by atoms with Gasteiger partial charge in [0.25, 0.3) is 0 Å². The Bertz CT molecular complexity index is 136. The van der Waals surface area contributed by atoms with Crippen LogP contribution >= 0.6 is 0 Å². The first-order valence-corrected chi connectivity index (χ1v) is 3.41. The molecule has 10 heavy (non-hydrogen) atoms. The Hall–Kier alpha value is -0.540. The van der Waals surface area contributed by atoms with E-state index in [1.54, 1.807) is 0 Å². The van der Waals surface area contributed by atoms with E-state index in [2.05, 4.69) is 6.58 Å². The van der Waals surface area contributed by atoms with Crippen LogP contribution in [0.3, 0.4) is 0 Å². The topological polar surface area (TPSA) is 31.0 Å². The Kier molecular flexibility index (Phi) is 1.97. The van der Waals surface area contributed by atoms with E-state index in [4.69, 9.17) is 14.2 Å². The van der Waals surface area contributed by atoms with Gasteiger partial charge in [0.1, 0.15) is 0 Å². The standard InChI is InChI=1S/C7H12O3/c1-4-8-7(9-5-2)6(3)10-7/h3-5H2,1-2H3. The highest BCUT2D eigenvalue weighted by atomic mass is 16.9. The van der Waals surface area contributed by atoms with Gasteiger partial charge in [-0.2, -0.15) is 0 Å². The molecular formula is C7H12O3. The number of ether oxygens (including phenoxy) is 3. The fourth-order valence-corrected chi connectivity index (χ4v) is 0.778. The van der Waals surface area contributed by atoms with Crippen molar-refractivity contribution >= 4 is 0 Å². The second-order valence-electron chi connectivity index (χ2n) is 1.95. The van der Waals surface area contributed by atoms with Crippen LogP contribution in [0.25, 0.3) is 0 Å². The molecule has 3 heteroatoms. The molecule has 0 aromatic heterocycles. The van der Waals surface area contributed by atoms with Crippen molar-refractivity contribution in [3.8, 4) is 0 Å². The van der Waals surface area contributed by atoms with Gasteiger partial charge in [0.15, 0.2) is 5.76 Å². The summed E-state index contributed by atoms with van der Waals surface area (Å²) in [6.07, 6.45) is 0. The molecule has 0 amide bonds. The highest BCUT2D eigenvalue weighted by molar-refractivity contribution is 5.10. The van der Waals surface area contributed by atoms with E-state index in [-0.39, 0.29) is 0 Å². The monoisotopic (exact) mass is 144 g/mol. The Labute approximate surface area is 60.6 Å². The van der Waals surface area contributed by atoms with Gasteiger partial charge in [-0.3, -0.25) is 0 Å². The molecule has 0 unspecified atom stereocenters. The minimum atomic E-state index is -0.885. The first kappa shape index (κ1) is 7.57. The first-order valence-electron chi connectivity index (χ1n) is 3.41. The molecule has 0 aromatic rings. The third-order valence-electron chi connectivity index (χ3n) is 1.23. The molecule has 0 saturated carbocycles. The summed E-state index contributed by atoms with van der Waals surface area (Å²) in [6.45, 7) is 8.49. The largest absolute Gasteiger partial charge is 0.428 e. The molecule has 1 aliphatic heterocycles. The van der Waals surface area contributed by atoms with Gasteiger partial charge in [0.2, 0.25) is 0 Å². The molecule has 1 heterocycles. The van der Waals surface area contributed by atoms with Crippen LogP contribution in [0.1, 0.15) is 13.8 Å². The molecule has 3 nitrogen and oxygen atoms in total. The maximum absolute atomic E-state index is 5.15. The number of epoxide rings is 1. The zero-order chi connectivity index (χ0) is 7.61. The van der Waals surface area contributed by atoms with Gasteiger partial charge in [-0.1, -0.05) is 6.58 Å². The lowest BCUT2D eigenvalue weighted by Crippen LogP contribution is -2.19. The number of hydrogen-bond acceptors (Lipinski definition) is 3. The minimum Gasteiger partial charge on any atom is -0.428 e. The second kappa shape index (κ2) is 2.60. The molecule has 0 atom stereocenters. The fraction of sp³-hybridized carbons (Fsp3) is 0.714. The SMILES string of the molecule is C=C1OC1(OCC)OCC. The predicted molar refractivity (Wildman–Crippen MR) is 36.2 cm³/mol. The highest BCUT2D eigenvalue weighted by Crippen LogP contribution is 2.41. The third-order valence-corrected chi connectivity index (χ3v) is 1.23. The summed E-state index contributed by atoms with van der Waals surface area (Å²) in [4.78, 5) is 0. The molecule has 0 aliphatic carbocycles. The second-order valence-corrected chi connectivity index (χ2v) is 1.95. The smallest absolute Gasteiger partial charge is 0.389 e. The first-order chi connectivity index (χ1) is 4.75. The summed E-state index contributed by atoms with van der Waals surface area (Å²) >= 11 is 0. The van der Waals surface area contributed by atoms with Gasteiger partial charge >= 0.3 is 5.97 Å². The lowest BCUT2D eigenvalue weighted by atomic mass is 10.6. The normalized spacial score (nSPS) is 20.4. The van der Waals surface area contributed by atoms with Crippen molar-refractivity contribution in [3.63, 3.8) is 0 Å². The Balaban J connectivity index is 2.38. The van der Waals surface area contributed by atoms with Gasteiger partial charge in [-0.05, 0) is 13.8 Å². The molecular weight excluding hydrogens is 132 g/mol. The average molecular weight is 144 g/mol. The van der Waals surface area contributed by atoms with E-state index in [0.29, 0.717) is 19.0 Å². The predicted octanol–water partition coefficient (Wildman–Crippen LogP) is 1.26. The lowest BCUT2D eigenvalue weighted by Gasteiger charge is -2.07. The van der Waals surface area contributed by atoms with E-state index >= 15 is 0 Å². The van der Waals surface area contributed by atoms with Crippen molar-refractivity contribution < 1.29 is 14.2 Å². The average Bonchev–Trinajstić information content (AvgIpc) is 2.44. The summed E-state index contributed by atoms with van der Waals surface area (Å²) in [7, 11) is 0. The van der Waals surface area contributed by atoms with Crippen LogP contribution in [0, 0.1) is 0 Å². The van der Waals surface area contributed by atoms with Crippen molar-refractivity contribution in [3.05, 3.63) is 12.3 Å². The van der Waals surface area contributed by atoms with Crippen LogP contribution in [0.5, 0.6) is 0 Å². The van der Waals surface area contributed by atoms with Crippen molar-refractivity contribution in [1.82, 2.24) is 0 Å². The molecule has 0 bridgehead atoms. The van der Waals surface area contributed by atoms with E-state index < -0.39 is 5.97 Å². The molecule has 1 aliphatic rings. The van der Waals surface area contributed by atoms with E-state index in [9.17, 15) is 0 Å². The van der Waals surface area contributed by atoms with E-state index in [1.807, 2.05) is 13.8 Å². The van der Waals surface area contributed by atoms with Gasteiger partial charge < -0.3 is 14.2 Å². The minimum absolute atomic E-state index is 0.566. The number of hydrogen-bond donors (Lipinski definition) is 0. The molecule has 1 fully saturated rings. The maximum atomic E-state index is 5.15. The van der Waals surface area contributed by atoms with Gasteiger partial charge in [0.05, 0.1) is 13.2 Å². The van der Waals surface area contributed by atoms with Gasteiger partial charge in [0, 0.05) is 0 Å². The summed E-state index contributed by atoms with van der Waals surface area (Å²) < 4.78 is 15.2. The Morgan fingerprint density at radius 1 is 1.40 bits per heavy atom. The van der Waals surface area contributed by atoms with Gasteiger partial charge in [-0.25, -0.2) is 0 Å². The van der Waals surface area contributed by atoms with Crippen LogP contribution < -0.4 is 0 Å². The summed E-state index contributed by atoms with van der Waals surface area (Å²) in [6, 6.07) is 0. The van der Waals surface area contributed by atoms with Crippen LogP contribution in [0.2, 0.25) is 0 Å². The molecule has 0 radical (unpaired) electrons. The quantitative estimate of drug-likeness (QED) is 0.439. The van der Waals surface area contributed by atoms with E-state index in [1.165, 1.54) is 0 Å². The van der Waals surface area contributed by atoms with Crippen molar-refractivity contribution in [1.29, 1.82) is 0 Å². The maximum Gasteiger partial charge on any atom is 0.389 e. The molecule has 58 valence electrons. The molecule has 0 aromatic carbocycles. The molecule has 0 N–H and O–H groups in total. The fourth-order valence-electron chi connectivity index (χ4n) is 0.778. The van der Waals surface area contributed by atoms with Gasteiger partial charge in [-0.15, -0.1) is 0 Å². The van der Waals surface area contributed by atoms with Crippen LogP contribution in [0.4, 0.5) is 0 Å². The van der Waals surface area contributed by atoms with E-state index in [0.717, 1.165) is 0 Å². The van der Waals surface area contributed by atoms with Crippen LogP contribution in [-0.4, -0.2) is 19.2 Å². The summed E-state index contributed by atoms with van der Waals surface area (Å²) in [5.74, 6) is -0.319. The third kappa shape index (κ3) is 1.15. The Morgan fingerprint density at radius 3 is 2.00 bits per heavy atom. The lowest BCUT2D eigenvalue weighted by molar-refractivity contribution is -0.220. The van der Waals surface area contributed by atoms with Crippen LogP contribution in [-0.2, 0) is 14.2 Å². The van der Waals surface area contributed by atoms with Crippen molar-refractivity contribution in [2.24, 2.45) is 0 Å². The van der Waals surface area contributed by atoms with Crippen molar-refractivity contribution in [2.45, 2.75) is 19.8 Å². The molecule has 1 rings (SSSR count). The Morgan fingerprint density at radius 2 is 1.80 bits per heavy atom.